The minimum absolute atomic E-state index is 0.372. The second kappa shape index (κ2) is 11.4. The molecule has 7 heteroatoms. The number of rotatable bonds is 7. The molecule has 6 nitrogen and oxygen atoms in total. The zero-order valence-electron chi connectivity index (χ0n) is 24.9. The van der Waals surface area contributed by atoms with Gasteiger partial charge in [-0.05, 0) is 97.8 Å². The molecule has 222 valence electrons. The van der Waals surface area contributed by atoms with Gasteiger partial charge in [-0.2, -0.15) is 5.26 Å². The third-order valence-electron chi connectivity index (χ3n) is 8.52. The summed E-state index contributed by atoms with van der Waals surface area (Å²) in [5.41, 5.74) is 6.90. The van der Waals surface area contributed by atoms with E-state index in [0.29, 0.717) is 27.6 Å². The van der Waals surface area contributed by atoms with Gasteiger partial charge in [-0.25, -0.2) is 4.79 Å². The summed E-state index contributed by atoms with van der Waals surface area (Å²) in [5, 5.41) is 13.5. The molecule has 1 N–H and O–H groups in total. The predicted octanol–water partition coefficient (Wildman–Crippen LogP) is 9.77. The molecule has 1 spiro atoms. The Balaban J connectivity index is 1.38. The molecule has 0 saturated carbocycles. The van der Waals surface area contributed by atoms with Crippen molar-refractivity contribution in [3.63, 3.8) is 0 Å². The van der Waals surface area contributed by atoms with Crippen LogP contribution in [-0.2, 0) is 10.3 Å². The van der Waals surface area contributed by atoms with Crippen molar-refractivity contribution < 1.29 is 14.3 Å². The van der Waals surface area contributed by atoms with Crippen molar-refractivity contribution >= 4 is 40.3 Å². The Morgan fingerprint density at radius 1 is 0.867 bits per heavy atom. The first-order valence-electron chi connectivity index (χ1n) is 15.0. The number of fused-ring (bicyclic) bond motifs is 6. The first-order chi connectivity index (χ1) is 21.9. The Hall–Kier alpha value is -5.25. The number of carbonyl (C=O) groups excluding carboxylic acids is 1. The second-order valence-electron chi connectivity index (χ2n) is 11.4. The highest BCUT2D eigenvalue weighted by atomic mass is 35.5. The monoisotopic (exact) mass is 611 g/mol. The molecule has 0 bridgehead atoms. The summed E-state index contributed by atoms with van der Waals surface area (Å²) in [6.07, 6.45) is 2.02. The Morgan fingerprint density at radius 3 is 2.36 bits per heavy atom. The largest absolute Gasteiger partial charge is 0.456 e. The highest BCUT2D eigenvalue weighted by Crippen LogP contribution is 2.57. The molecule has 0 aromatic heterocycles. The quantitative estimate of drug-likeness (QED) is 0.185. The maximum Gasteiger partial charge on any atom is 0.340 e. The maximum atomic E-state index is 13.4. The molecule has 0 fully saturated rings. The predicted molar refractivity (Wildman–Crippen MR) is 177 cm³/mol. The fourth-order valence-corrected chi connectivity index (χ4v) is 6.36. The minimum atomic E-state index is -1.19. The van der Waals surface area contributed by atoms with E-state index < -0.39 is 5.60 Å². The summed E-state index contributed by atoms with van der Waals surface area (Å²) >= 11 is 6.13. The molecule has 0 aliphatic carbocycles. The van der Waals surface area contributed by atoms with Gasteiger partial charge in [0.25, 0.3) is 0 Å². The van der Waals surface area contributed by atoms with Gasteiger partial charge in [-0.15, -0.1) is 0 Å². The van der Waals surface area contributed by atoms with Crippen LogP contribution in [0.3, 0.4) is 0 Å². The lowest BCUT2D eigenvalue weighted by molar-refractivity contribution is 0.0224. The van der Waals surface area contributed by atoms with Crippen molar-refractivity contribution in [2.24, 2.45) is 0 Å². The highest BCUT2D eigenvalue weighted by molar-refractivity contribution is 6.30. The number of benzene rings is 5. The molecule has 45 heavy (non-hydrogen) atoms. The highest BCUT2D eigenvalue weighted by Gasteiger charge is 2.53. The first-order valence-corrected chi connectivity index (χ1v) is 15.4. The van der Waals surface area contributed by atoms with Crippen LogP contribution in [-0.4, -0.2) is 12.5 Å². The van der Waals surface area contributed by atoms with Crippen molar-refractivity contribution in [1.82, 2.24) is 0 Å². The van der Waals surface area contributed by atoms with Gasteiger partial charge in [-0.3, -0.25) is 0 Å². The maximum absolute atomic E-state index is 13.4. The molecule has 0 saturated heterocycles. The smallest absolute Gasteiger partial charge is 0.340 e. The Bertz CT molecular complexity index is 1980. The number of halogens is 1. The number of carbonyl (C=O) groups is 1. The van der Waals surface area contributed by atoms with Crippen molar-refractivity contribution in [2.75, 3.05) is 16.8 Å². The molecule has 5 aromatic carbocycles. The Kier molecular flexibility index (Phi) is 7.19. The zero-order valence-corrected chi connectivity index (χ0v) is 25.7. The van der Waals surface area contributed by atoms with E-state index in [9.17, 15) is 10.1 Å². The van der Waals surface area contributed by atoms with Gasteiger partial charge in [0.1, 0.15) is 11.5 Å². The lowest BCUT2D eigenvalue weighted by atomic mass is 9.77. The number of hydrogen-bond donors (Lipinski definition) is 1. The third-order valence-corrected chi connectivity index (χ3v) is 8.77. The van der Waals surface area contributed by atoms with Crippen molar-refractivity contribution in [3.05, 3.63) is 142 Å². The fourth-order valence-electron chi connectivity index (χ4n) is 6.24. The number of anilines is 4. The van der Waals surface area contributed by atoms with E-state index in [1.807, 2.05) is 104 Å². The Labute approximate surface area is 267 Å². The molecule has 0 radical (unpaired) electrons. The minimum Gasteiger partial charge on any atom is -0.456 e. The van der Waals surface area contributed by atoms with Crippen LogP contribution >= 0.6 is 11.6 Å². The molecule has 2 aliphatic rings. The molecular weight excluding hydrogens is 582 g/mol. The van der Waals surface area contributed by atoms with E-state index in [0.717, 1.165) is 64.4 Å². The molecule has 2 aliphatic heterocycles. The van der Waals surface area contributed by atoms with Crippen LogP contribution < -0.4 is 15.0 Å². The molecule has 2 heterocycles. The third kappa shape index (κ3) is 4.86. The van der Waals surface area contributed by atoms with Crippen LogP contribution in [0, 0.1) is 18.3 Å². The van der Waals surface area contributed by atoms with Gasteiger partial charge in [0.15, 0.2) is 5.60 Å². The summed E-state index contributed by atoms with van der Waals surface area (Å²) in [6, 6.07) is 35.0. The number of nitrogens with zero attached hydrogens (tertiary/aromatic N) is 2. The van der Waals surface area contributed by atoms with Gasteiger partial charge in [0.05, 0.1) is 17.2 Å². The number of nitriles is 1. The van der Waals surface area contributed by atoms with Gasteiger partial charge in [0.2, 0.25) is 0 Å². The first kappa shape index (κ1) is 28.5. The van der Waals surface area contributed by atoms with Gasteiger partial charge in [-0.1, -0.05) is 43.1 Å². The summed E-state index contributed by atoms with van der Waals surface area (Å²) in [4.78, 5) is 15.7. The van der Waals surface area contributed by atoms with E-state index in [1.54, 1.807) is 0 Å². The van der Waals surface area contributed by atoms with Crippen LogP contribution in [0.1, 0.15) is 57.9 Å². The zero-order chi connectivity index (χ0) is 31.1. The molecular formula is C38H30ClN3O3. The van der Waals surface area contributed by atoms with Crippen LogP contribution in [0.5, 0.6) is 11.5 Å². The topological polar surface area (TPSA) is 74.6 Å². The summed E-state index contributed by atoms with van der Waals surface area (Å²) < 4.78 is 13.1. The lowest BCUT2D eigenvalue weighted by Crippen LogP contribution is -2.33. The average Bonchev–Trinajstić information content (AvgIpc) is 3.35. The molecule has 7 rings (SSSR count). The molecule has 1 unspecified atom stereocenters. The van der Waals surface area contributed by atoms with E-state index in [4.69, 9.17) is 21.1 Å². The number of unbranched alkanes of at least 4 members (excludes halogenated alkanes) is 1. The summed E-state index contributed by atoms with van der Waals surface area (Å²) in [6.45, 7) is 4.98. The number of aryl methyl sites for hydroxylation is 1. The van der Waals surface area contributed by atoms with Gasteiger partial charge < -0.3 is 19.7 Å². The van der Waals surface area contributed by atoms with Crippen LogP contribution in [0.4, 0.5) is 22.7 Å². The van der Waals surface area contributed by atoms with Crippen molar-refractivity contribution in [1.29, 1.82) is 5.26 Å². The summed E-state index contributed by atoms with van der Waals surface area (Å²) in [5.74, 6) is 0.877. The fraction of sp³-hybridized carbons (Fsp3) is 0.158. The van der Waals surface area contributed by atoms with E-state index >= 15 is 0 Å². The second-order valence-corrected chi connectivity index (χ2v) is 11.8. The number of ether oxygens (including phenoxy) is 2. The van der Waals surface area contributed by atoms with Crippen molar-refractivity contribution in [3.8, 4) is 17.6 Å². The van der Waals surface area contributed by atoms with Gasteiger partial charge >= 0.3 is 5.97 Å². The van der Waals surface area contributed by atoms with Crippen LogP contribution in [0.25, 0.3) is 0 Å². The SMILES string of the molecule is CCCCN(c1ccc(C#N)cc1)c1ccc2c(c1)Oc1cc(C)c(Nc3ccc(Cl)cc3)cc1C21OC(=O)c2ccccc21. The number of hydrogen-bond acceptors (Lipinski definition) is 6. The number of nitrogens with one attached hydrogen (secondary N) is 1. The van der Waals surface area contributed by atoms with E-state index in [-0.39, 0.29) is 5.97 Å². The summed E-state index contributed by atoms with van der Waals surface area (Å²) in [7, 11) is 0. The van der Waals surface area contributed by atoms with Crippen LogP contribution in [0.15, 0.2) is 103 Å². The van der Waals surface area contributed by atoms with Crippen molar-refractivity contribution in [2.45, 2.75) is 32.3 Å². The standard InChI is InChI=1S/C38H30ClN3O3/c1-3-4-19-42(28-15-9-25(23-40)10-16-28)29-17-18-32-36(21-29)44-35-20-24(2)34(41-27-13-11-26(39)12-14-27)22-33(35)38(32)31-8-6-5-7-30(31)37(43)45-38/h5-18,20-22,41H,3-4,19H2,1-2H3. The molecule has 1 atom stereocenters. The lowest BCUT2D eigenvalue weighted by Gasteiger charge is -2.38. The average molecular weight is 612 g/mol. The Morgan fingerprint density at radius 2 is 1.60 bits per heavy atom. The van der Waals surface area contributed by atoms with Gasteiger partial charge in [0, 0.05) is 57.1 Å². The normalized spacial score (nSPS) is 15.7. The van der Waals surface area contributed by atoms with E-state index in [2.05, 4.69) is 29.3 Å². The van der Waals surface area contributed by atoms with Crippen LogP contribution in [0.2, 0.25) is 5.02 Å². The van der Waals surface area contributed by atoms with E-state index in [1.165, 1.54) is 0 Å². The molecule has 0 amide bonds. The number of esters is 1. The molecule has 5 aromatic rings.